The van der Waals surface area contributed by atoms with E-state index in [1.807, 2.05) is 0 Å². The average Bonchev–Trinajstić information content (AvgIpc) is 2.29. The minimum atomic E-state index is 0.533. The van der Waals surface area contributed by atoms with Crippen LogP contribution in [0.5, 0.6) is 0 Å². The van der Waals surface area contributed by atoms with Gasteiger partial charge in [0.1, 0.15) is 0 Å². The monoisotopic (exact) mass is 227 g/mol. The van der Waals surface area contributed by atoms with E-state index < -0.39 is 0 Å². The lowest BCUT2D eigenvalue weighted by molar-refractivity contribution is 0.102. The lowest BCUT2D eigenvalue weighted by Crippen LogP contribution is -2.35. The Labute approximate surface area is 103 Å². The third-order valence-corrected chi connectivity index (χ3v) is 4.59. The molecule has 98 valence electrons. The predicted octanol–water partition coefficient (Wildman–Crippen LogP) is 4.47. The van der Waals surface area contributed by atoms with Gasteiger partial charge < -0.3 is 5.32 Å². The number of hydrogen-bond acceptors (Lipinski definition) is 1. The first-order chi connectivity index (χ1) is 7.55. The molecule has 0 heterocycles. The molecule has 0 spiro atoms. The van der Waals surface area contributed by atoms with Gasteiger partial charge in [-0.25, -0.2) is 0 Å². The maximum absolute atomic E-state index is 3.34. The van der Waals surface area contributed by atoms with Crippen LogP contribution in [0.3, 0.4) is 0 Å². The van der Waals surface area contributed by atoms with Gasteiger partial charge in [0.15, 0.2) is 0 Å². The van der Waals surface area contributed by atoms with Crippen LogP contribution in [-0.2, 0) is 0 Å². The molecule has 0 aromatic heterocycles. The maximum Gasteiger partial charge on any atom is -0.00233 e. The minimum absolute atomic E-state index is 0.533. The molecular formula is C15H33N. The largest absolute Gasteiger partial charge is 0.319 e. The van der Waals surface area contributed by atoms with E-state index in [1.54, 1.807) is 0 Å². The smallest absolute Gasteiger partial charge is 0.00233 e. The fourth-order valence-corrected chi connectivity index (χ4v) is 2.98. The Morgan fingerprint density at radius 1 is 1.12 bits per heavy atom. The van der Waals surface area contributed by atoms with Crippen molar-refractivity contribution in [3.8, 4) is 0 Å². The van der Waals surface area contributed by atoms with E-state index >= 15 is 0 Å². The van der Waals surface area contributed by atoms with Gasteiger partial charge in [-0.3, -0.25) is 0 Å². The topological polar surface area (TPSA) is 12.0 Å². The van der Waals surface area contributed by atoms with Gasteiger partial charge in [-0.1, -0.05) is 60.3 Å². The molecule has 0 aliphatic rings. The lowest BCUT2D eigenvalue weighted by Gasteiger charge is -2.40. The Morgan fingerprint density at radius 2 is 1.69 bits per heavy atom. The highest BCUT2D eigenvalue weighted by Gasteiger charge is 2.33. The van der Waals surface area contributed by atoms with Gasteiger partial charge >= 0.3 is 0 Å². The van der Waals surface area contributed by atoms with Crippen molar-refractivity contribution in [1.82, 2.24) is 5.32 Å². The van der Waals surface area contributed by atoms with Crippen LogP contribution >= 0.6 is 0 Å². The molecule has 0 amide bonds. The van der Waals surface area contributed by atoms with Crippen molar-refractivity contribution in [2.75, 3.05) is 13.6 Å². The molecule has 2 atom stereocenters. The number of nitrogens with one attached hydrogen (secondary N) is 1. The molecule has 0 fully saturated rings. The number of rotatable bonds is 9. The first-order valence-electron chi connectivity index (χ1n) is 7.20. The van der Waals surface area contributed by atoms with Crippen molar-refractivity contribution in [3.05, 3.63) is 0 Å². The summed E-state index contributed by atoms with van der Waals surface area (Å²) < 4.78 is 0. The third-order valence-electron chi connectivity index (χ3n) is 4.59. The first kappa shape index (κ1) is 16.0. The van der Waals surface area contributed by atoms with Crippen molar-refractivity contribution >= 4 is 0 Å². The van der Waals surface area contributed by atoms with Gasteiger partial charge in [-0.05, 0) is 37.3 Å². The quantitative estimate of drug-likeness (QED) is 0.612. The molecule has 16 heavy (non-hydrogen) atoms. The first-order valence-corrected chi connectivity index (χ1v) is 7.20. The molecular weight excluding hydrogens is 194 g/mol. The van der Waals surface area contributed by atoms with Gasteiger partial charge in [0.2, 0.25) is 0 Å². The number of hydrogen-bond donors (Lipinski definition) is 1. The Balaban J connectivity index is 4.62. The molecule has 1 nitrogen and oxygen atoms in total. The van der Waals surface area contributed by atoms with Crippen LogP contribution in [0.2, 0.25) is 0 Å². The summed E-state index contributed by atoms with van der Waals surface area (Å²) in [6, 6.07) is 0. The fourth-order valence-electron chi connectivity index (χ4n) is 2.98. The Hall–Kier alpha value is -0.0400. The molecule has 0 saturated carbocycles. The van der Waals surface area contributed by atoms with Crippen LogP contribution in [0.25, 0.3) is 0 Å². The van der Waals surface area contributed by atoms with Crippen molar-refractivity contribution in [2.45, 2.75) is 66.7 Å². The third kappa shape index (κ3) is 4.45. The molecule has 0 rings (SSSR count). The van der Waals surface area contributed by atoms with Crippen molar-refractivity contribution < 1.29 is 0 Å². The van der Waals surface area contributed by atoms with Crippen LogP contribution in [0.15, 0.2) is 0 Å². The molecule has 0 aliphatic heterocycles. The van der Waals surface area contributed by atoms with E-state index in [1.165, 1.54) is 32.1 Å². The SMILES string of the molecule is CCCCC(C(C)CNC)C(C)(CC)CC. The fraction of sp³-hybridized carbons (Fsp3) is 1.00. The van der Waals surface area contributed by atoms with Crippen LogP contribution in [0, 0.1) is 17.3 Å². The zero-order valence-corrected chi connectivity index (χ0v) is 12.4. The molecule has 0 radical (unpaired) electrons. The van der Waals surface area contributed by atoms with Crippen molar-refractivity contribution in [3.63, 3.8) is 0 Å². The molecule has 0 aliphatic carbocycles. The summed E-state index contributed by atoms with van der Waals surface area (Å²) in [4.78, 5) is 0. The van der Waals surface area contributed by atoms with E-state index in [2.05, 4.69) is 47.0 Å². The van der Waals surface area contributed by atoms with Gasteiger partial charge in [-0.2, -0.15) is 0 Å². The second-order valence-corrected chi connectivity index (χ2v) is 5.64. The maximum atomic E-state index is 3.34. The summed E-state index contributed by atoms with van der Waals surface area (Å²) in [6.07, 6.45) is 6.73. The molecule has 0 aromatic rings. The van der Waals surface area contributed by atoms with E-state index in [9.17, 15) is 0 Å². The van der Waals surface area contributed by atoms with Gasteiger partial charge in [0.05, 0.1) is 0 Å². The van der Waals surface area contributed by atoms with Gasteiger partial charge in [0.25, 0.3) is 0 Å². The summed E-state index contributed by atoms with van der Waals surface area (Å²) in [5.74, 6) is 1.66. The summed E-state index contributed by atoms with van der Waals surface area (Å²) >= 11 is 0. The zero-order chi connectivity index (χ0) is 12.6. The predicted molar refractivity (Wildman–Crippen MR) is 74.8 cm³/mol. The molecule has 0 aromatic carbocycles. The van der Waals surface area contributed by atoms with E-state index in [0.29, 0.717) is 5.41 Å². The summed E-state index contributed by atoms with van der Waals surface area (Å²) in [5.41, 5.74) is 0.533. The highest BCUT2D eigenvalue weighted by Crippen LogP contribution is 2.41. The zero-order valence-electron chi connectivity index (χ0n) is 12.4. The standard InChI is InChI=1S/C15H33N/c1-7-10-11-14(13(4)12-16-6)15(5,8-2)9-3/h13-14,16H,7-12H2,1-6H3. The highest BCUT2D eigenvalue weighted by molar-refractivity contribution is 4.84. The highest BCUT2D eigenvalue weighted by atomic mass is 14.8. The Bertz CT molecular complexity index is 161. The van der Waals surface area contributed by atoms with Crippen LogP contribution in [-0.4, -0.2) is 13.6 Å². The molecule has 2 unspecified atom stereocenters. The Kier molecular flexibility index (Phi) is 8.09. The van der Waals surface area contributed by atoms with E-state index in [4.69, 9.17) is 0 Å². The van der Waals surface area contributed by atoms with E-state index in [0.717, 1.165) is 18.4 Å². The second-order valence-electron chi connectivity index (χ2n) is 5.64. The summed E-state index contributed by atoms with van der Waals surface area (Å²) in [7, 11) is 2.07. The molecule has 0 bridgehead atoms. The second kappa shape index (κ2) is 8.11. The average molecular weight is 227 g/mol. The summed E-state index contributed by atoms with van der Waals surface area (Å²) in [6.45, 7) is 13.1. The minimum Gasteiger partial charge on any atom is -0.319 e. The number of unbranched alkanes of at least 4 members (excludes halogenated alkanes) is 1. The van der Waals surface area contributed by atoms with Gasteiger partial charge in [0, 0.05) is 0 Å². The van der Waals surface area contributed by atoms with Crippen molar-refractivity contribution in [2.24, 2.45) is 17.3 Å². The van der Waals surface area contributed by atoms with Crippen LogP contribution in [0.1, 0.15) is 66.7 Å². The normalized spacial score (nSPS) is 16.1. The molecule has 0 saturated heterocycles. The lowest BCUT2D eigenvalue weighted by atomic mass is 9.66. The summed E-state index contributed by atoms with van der Waals surface area (Å²) in [5, 5.41) is 3.34. The van der Waals surface area contributed by atoms with Crippen molar-refractivity contribution in [1.29, 1.82) is 0 Å². The molecule has 1 N–H and O–H groups in total. The Morgan fingerprint density at radius 3 is 2.06 bits per heavy atom. The van der Waals surface area contributed by atoms with Crippen LogP contribution < -0.4 is 5.32 Å². The van der Waals surface area contributed by atoms with Crippen LogP contribution in [0.4, 0.5) is 0 Å². The van der Waals surface area contributed by atoms with Gasteiger partial charge in [-0.15, -0.1) is 0 Å². The van der Waals surface area contributed by atoms with E-state index in [-0.39, 0.29) is 0 Å². The molecule has 1 heteroatoms.